The molecule has 0 radical (unpaired) electrons. The zero-order valence-corrected chi connectivity index (χ0v) is 17.9. The van der Waals surface area contributed by atoms with Crippen molar-refractivity contribution in [3.63, 3.8) is 0 Å². The maximum atomic E-state index is 13.3. The highest BCUT2D eigenvalue weighted by Gasteiger charge is 2.28. The number of benzene rings is 3. The second-order valence-electron chi connectivity index (χ2n) is 6.69. The second-order valence-corrected chi connectivity index (χ2v) is 8.41. The SMILES string of the molecule is C=C/C=C(/C(=O)c1ccccc1)C(NS(=O)(=O)c1ccccc1)c1ccc(OC)cc1. The van der Waals surface area contributed by atoms with Gasteiger partial charge in [0.15, 0.2) is 5.78 Å². The lowest BCUT2D eigenvalue weighted by Crippen LogP contribution is -2.32. The Kier molecular flexibility index (Phi) is 7.18. The van der Waals surface area contributed by atoms with E-state index in [2.05, 4.69) is 11.3 Å². The van der Waals surface area contributed by atoms with Gasteiger partial charge in [-0.3, -0.25) is 4.79 Å². The van der Waals surface area contributed by atoms with E-state index in [1.807, 2.05) is 6.07 Å². The summed E-state index contributed by atoms with van der Waals surface area (Å²) in [4.78, 5) is 13.4. The van der Waals surface area contributed by atoms with Crippen LogP contribution in [0.25, 0.3) is 0 Å². The Morgan fingerprint density at radius 3 is 2.06 bits per heavy atom. The maximum Gasteiger partial charge on any atom is 0.241 e. The van der Waals surface area contributed by atoms with Crippen LogP contribution in [0.1, 0.15) is 22.0 Å². The molecule has 3 rings (SSSR count). The predicted octanol–water partition coefficient (Wildman–Crippen LogP) is 4.71. The number of allylic oxidation sites excluding steroid dienone is 2. The summed E-state index contributed by atoms with van der Waals surface area (Å²) < 4.78 is 34.1. The van der Waals surface area contributed by atoms with Gasteiger partial charge < -0.3 is 4.74 Å². The summed E-state index contributed by atoms with van der Waals surface area (Å²) in [5.74, 6) is 0.328. The smallest absolute Gasteiger partial charge is 0.241 e. The maximum absolute atomic E-state index is 13.3. The summed E-state index contributed by atoms with van der Waals surface area (Å²) in [6.45, 7) is 3.71. The van der Waals surface area contributed by atoms with Crippen LogP contribution in [0.5, 0.6) is 5.75 Å². The summed E-state index contributed by atoms with van der Waals surface area (Å²) in [6, 6.07) is 22.7. The third-order valence-electron chi connectivity index (χ3n) is 4.68. The first-order valence-electron chi connectivity index (χ1n) is 9.60. The lowest BCUT2D eigenvalue weighted by molar-refractivity contribution is 0.102. The molecule has 5 nitrogen and oxygen atoms in total. The molecule has 1 unspecified atom stereocenters. The molecule has 0 spiro atoms. The first-order chi connectivity index (χ1) is 15.0. The fourth-order valence-electron chi connectivity index (χ4n) is 3.12. The van der Waals surface area contributed by atoms with Crippen LogP contribution in [0.3, 0.4) is 0 Å². The van der Waals surface area contributed by atoms with Crippen LogP contribution in [-0.4, -0.2) is 21.3 Å². The van der Waals surface area contributed by atoms with Gasteiger partial charge >= 0.3 is 0 Å². The Labute approximate surface area is 182 Å². The third kappa shape index (κ3) is 5.36. The Balaban J connectivity index is 2.10. The summed E-state index contributed by atoms with van der Waals surface area (Å²) in [7, 11) is -2.36. The Morgan fingerprint density at radius 2 is 1.52 bits per heavy atom. The van der Waals surface area contributed by atoms with Gasteiger partial charge in [-0.15, -0.1) is 0 Å². The Morgan fingerprint density at radius 1 is 0.935 bits per heavy atom. The van der Waals surface area contributed by atoms with Crippen molar-refractivity contribution in [2.45, 2.75) is 10.9 Å². The molecule has 0 fully saturated rings. The minimum absolute atomic E-state index is 0.110. The highest BCUT2D eigenvalue weighted by molar-refractivity contribution is 7.89. The second kappa shape index (κ2) is 10.0. The number of carbonyl (C=O) groups excluding carboxylic acids is 1. The van der Waals surface area contributed by atoms with E-state index in [4.69, 9.17) is 4.74 Å². The third-order valence-corrected chi connectivity index (χ3v) is 6.12. The van der Waals surface area contributed by atoms with Gasteiger partial charge in [0.2, 0.25) is 10.0 Å². The molecule has 0 aromatic heterocycles. The van der Waals surface area contributed by atoms with E-state index in [1.54, 1.807) is 73.8 Å². The van der Waals surface area contributed by atoms with E-state index >= 15 is 0 Å². The van der Waals surface area contributed by atoms with Crippen LogP contribution >= 0.6 is 0 Å². The summed E-state index contributed by atoms with van der Waals surface area (Å²) in [5, 5.41) is 0. The topological polar surface area (TPSA) is 72.5 Å². The standard InChI is InChI=1S/C25H23NO4S/c1-3-10-23(25(27)20-11-6-4-7-12-20)24(19-15-17-21(30-2)18-16-19)26-31(28,29)22-13-8-5-9-14-22/h3-18,24,26H,1H2,2H3/b23-10+. The van der Waals surface area contributed by atoms with Crippen molar-refractivity contribution in [3.8, 4) is 5.75 Å². The number of carbonyl (C=O) groups is 1. The molecule has 3 aromatic rings. The van der Waals surface area contributed by atoms with Crippen LogP contribution in [-0.2, 0) is 10.0 Å². The highest BCUT2D eigenvalue weighted by Crippen LogP contribution is 2.29. The number of methoxy groups -OCH3 is 1. The number of nitrogens with one attached hydrogen (secondary N) is 1. The minimum Gasteiger partial charge on any atom is -0.497 e. The zero-order valence-electron chi connectivity index (χ0n) is 17.1. The Hall–Kier alpha value is -3.48. The number of ether oxygens (including phenoxy) is 1. The Bertz CT molecular complexity index is 1170. The van der Waals surface area contributed by atoms with E-state index in [-0.39, 0.29) is 16.3 Å². The number of sulfonamides is 1. The van der Waals surface area contributed by atoms with Gasteiger partial charge in [-0.25, -0.2) is 8.42 Å². The van der Waals surface area contributed by atoms with Crippen LogP contribution in [0.15, 0.2) is 114 Å². The summed E-state index contributed by atoms with van der Waals surface area (Å²) >= 11 is 0. The fourth-order valence-corrected chi connectivity index (χ4v) is 4.34. The molecule has 1 atom stereocenters. The summed E-state index contributed by atoms with van der Waals surface area (Å²) in [6.07, 6.45) is 3.02. The number of hydrogen-bond donors (Lipinski definition) is 1. The van der Waals surface area contributed by atoms with Crippen LogP contribution in [0, 0.1) is 0 Å². The van der Waals surface area contributed by atoms with Gasteiger partial charge in [0.25, 0.3) is 0 Å². The zero-order chi connectivity index (χ0) is 22.3. The number of hydrogen-bond acceptors (Lipinski definition) is 4. The quantitative estimate of drug-likeness (QED) is 0.301. The van der Waals surface area contributed by atoms with Crippen LogP contribution in [0.2, 0.25) is 0 Å². The van der Waals surface area contributed by atoms with Gasteiger partial charge in [-0.1, -0.05) is 79.4 Å². The molecule has 158 valence electrons. The minimum atomic E-state index is -3.91. The van der Waals surface area contributed by atoms with Crippen LogP contribution in [0.4, 0.5) is 0 Å². The van der Waals surface area contributed by atoms with Crippen molar-refractivity contribution >= 4 is 15.8 Å². The monoisotopic (exact) mass is 433 g/mol. The molecule has 6 heteroatoms. The lowest BCUT2D eigenvalue weighted by atomic mass is 9.92. The molecule has 0 aliphatic carbocycles. The van der Waals surface area contributed by atoms with Gasteiger partial charge in [0.1, 0.15) is 5.75 Å². The van der Waals surface area contributed by atoms with Crippen molar-refractivity contribution in [2.24, 2.45) is 0 Å². The molecule has 0 heterocycles. The molecule has 0 aliphatic heterocycles. The largest absolute Gasteiger partial charge is 0.497 e. The lowest BCUT2D eigenvalue weighted by Gasteiger charge is -2.22. The molecule has 0 aliphatic rings. The van der Waals surface area contributed by atoms with E-state index < -0.39 is 16.1 Å². The summed E-state index contributed by atoms with van der Waals surface area (Å²) in [5.41, 5.74) is 1.30. The van der Waals surface area contributed by atoms with E-state index in [0.29, 0.717) is 16.9 Å². The average Bonchev–Trinajstić information content (AvgIpc) is 2.82. The van der Waals surface area contributed by atoms with Crippen LogP contribution < -0.4 is 9.46 Å². The van der Waals surface area contributed by atoms with Gasteiger partial charge in [0, 0.05) is 11.1 Å². The van der Waals surface area contributed by atoms with E-state index in [0.717, 1.165) is 0 Å². The van der Waals surface area contributed by atoms with E-state index in [1.165, 1.54) is 24.3 Å². The highest BCUT2D eigenvalue weighted by atomic mass is 32.2. The van der Waals surface area contributed by atoms with Crippen molar-refractivity contribution < 1.29 is 17.9 Å². The molecular formula is C25H23NO4S. The fraction of sp³-hybridized carbons (Fsp3) is 0.0800. The molecule has 31 heavy (non-hydrogen) atoms. The van der Waals surface area contributed by atoms with Crippen molar-refractivity contribution in [3.05, 3.63) is 120 Å². The molecule has 0 saturated carbocycles. The van der Waals surface area contributed by atoms with E-state index in [9.17, 15) is 13.2 Å². The number of rotatable bonds is 9. The molecular weight excluding hydrogens is 410 g/mol. The first-order valence-corrected chi connectivity index (χ1v) is 11.1. The van der Waals surface area contributed by atoms with Crippen molar-refractivity contribution in [2.75, 3.05) is 7.11 Å². The number of Topliss-reactive ketones (excluding diaryl/α,β-unsaturated/α-hetero) is 1. The average molecular weight is 434 g/mol. The number of ketones is 1. The van der Waals surface area contributed by atoms with Gasteiger partial charge in [0.05, 0.1) is 18.0 Å². The van der Waals surface area contributed by atoms with Gasteiger partial charge in [-0.2, -0.15) is 4.72 Å². The molecule has 3 aromatic carbocycles. The van der Waals surface area contributed by atoms with Crippen molar-refractivity contribution in [1.29, 1.82) is 0 Å². The molecule has 0 bridgehead atoms. The molecule has 0 amide bonds. The normalized spacial score (nSPS) is 12.7. The van der Waals surface area contributed by atoms with Crippen molar-refractivity contribution in [1.82, 2.24) is 4.72 Å². The molecule has 1 N–H and O–H groups in total. The molecule has 0 saturated heterocycles. The van der Waals surface area contributed by atoms with Gasteiger partial charge in [-0.05, 0) is 29.8 Å². The first kappa shape index (κ1) is 22.2. The predicted molar refractivity (Wildman–Crippen MR) is 122 cm³/mol.